The molecule has 4 rings (SSSR count). The molecule has 1 aliphatic rings. The van der Waals surface area contributed by atoms with Crippen LogP contribution < -0.4 is 20.5 Å². The molecule has 3 aromatic rings. The van der Waals surface area contributed by atoms with Gasteiger partial charge >= 0.3 is 5.97 Å². The van der Waals surface area contributed by atoms with Gasteiger partial charge in [0.05, 0.1) is 30.1 Å². The molecule has 154 valence electrons. The van der Waals surface area contributed by atoms with E-state index in [-0.39, 0.29) is 17.4 Å². The molecule has 1 saturated carbocycles. The summed E-state index contributed by atoms with van der Waals surface area (Å²) in [5.74, 6) is 0.972. The second kappa shape index (κ2) is 8.36. The lowest BCUT2D eigenvalue weighted by Crippen LogP contribution is -2.23. The number of fused-ring (bicyclic) bond motifs is 1. The molecule has 1 aliphatic carbocycles. The lowest BCUT2D eigenvalue weighted by atomic mass is 10.2. The van der Waals surface area contributed by atoms with E-state index in [9.17, 15) is 9.59 Å². The van der Waals surface area contributed by atoms with Crippen LogP contribution in [0, 0.1) is 5.92 Å². The zero-order chi connectivity index (χ0) is 21.1. The van der Waals surface area contributed by atoms with E-state index in [0.717, 1.165) is 18.4 Å². The van der Waals surface area contributed by atoms with Crippen molar-refractivity contribution < 1.29 is 14.3 Å². The van der Waals surface area contributed by atoms with E-state index >= 15 is 0 Å². The van der Waals surface area contributed by atoms with Gasteiger partial charge in [0.2, 0.25) is 5.95 Å². The van der Waals surface area contributed by atoms with Crippen molar-refractivity contribution in [2.75, 3.05) is 12.5 Å². The Labute approximate surface area is 173 Å². The number of hydrogen-bond acceptors (Lipinski definition) is 7. The third-order valence-corrected chi connectivity index (χ3v) is 4.86. The lowest BCUT2D eigenvalue weighted by Gasteiger charge is -2.11. The summed E-state index contributed by atoms with van der Waals surface area (Å²) < 4.78 is 12.3. The molecule has 0 saturated heterocycles. The van der Waals surface area contributed by atoms with Gasteiger partial charge in [-0.3, -0.25) is 14.2 Å². The Morgan fingerprint density at radius 1 is 1.27 bits per heavy atom. The van der Waals surface area contributed by atoms with E-state index in [2.05, 4.69) is 15.5 Å². The molecule has 0 radical (unpaired) electrons. The number of anilines is 1. The number of nitrogens with zero attached hydrogens (tertiary/aromatic N) is 3. The molecular weight excluding hydrogens is 384 g/mol. The summed E-state index contributed by atoms with van der Waals surface area (Å²) in [5, 5.41) is 4.78. The quantitative estimate of drug-likeness (QED) is 0.280. The number of benzene rings is 2. The second-order valence-corrected chi connectivity index (χ2v) is 6.98. The number of methoxy groups -OCH3 is 1. The zero-order valence-electron chi connectivity index (χ0n) is 16.8. The first kappa shape index (κ1) is 19.6. The van der Waals surface area contributed by atoms with Crippen LogP contribution in [0.4, 0.5) is 5.95 Å². The standard InChI is InChI=1S/C22H22N4O4/c1-3-26-20(27)16-6-4-5-7-17(16)24-22(26)25-23-13-14-8-11-18(19(12-14)29-2)30-21(28)15-9-10-15/h4-8,11-13,15H,3,9-10H2,1-2H3,(H,24,25)/b23-13-. The summed E-state index contributed by atoms with van der Waals surface area (Å²) in [5.41, 5.74) is 4.07. The van der Waals surface area contributed by atoms with Gasteiger partial charge in [0.1, 0.15) is 0 Å². The van der Waals surface area contributed by atoms with Crippen LogP contribution in [0.15, 0.2) is 52.4 Å². The Bertz CT molecular complexity index is 1180. The molecule has 1 fully saturated rings. The van der Waals surface area contributed by atoms with Gasteiger partial charge in [-0.1, -0.05) is 12.1 Å². The van der Waals surface area contributed by atoms with Crippen molar-refractivity contribution in [3.05, 3.63) is 58.4 Å². The van der Waals surface area contributed by atoms with Gasteiger partial charge in [-0.25, -0.2) is 10.4 Å². The highest BCUT2D eigenvalue weighted by molar-refractivity contribution is 5.83. The number of ether oxygens (including phenoxy) is 2. The fraction of sp³-hybridized carbons (Fsp3) is 0.273. The second-order valence-electron chi connectivity index (χ2n) is 6.98. The average molecular weight is 406 g/mol. The number of para-hydroxylation sites is 1. The van der Waals surface area contributed by atoms with Crippen LogP contribution in [0.1, 0.15) is 25.3 Å². The minimum Gasteiger partial charge on any atom is -0.493 e. The maximum absolute atomic E-state index is 12.6. The highest BCUT2D eigenvalue weighted by Gasteiger charge is 2.32. The van der Waals surface area contributed by atoms with E-state index in [4.69, 9.17) is 9.47 Å². The molecule has 8 nitrogen and oxygen atoms in total. The molecule has 0 spiro atoms. The summed E-state index contributed by atoms with van der Waals surface area (Å²) in [6.07, 6.45) is 3.34. The largest absolute Gasteiger partial charge is 0.493 e. The van der Waals surface area contributed by atoms with E-state index in [1.165, 1.54) is 11.7 Å². The van der Waals surface area contributed by atoms with E-state index in [1.807, 2.05) is 19.1 Å². The summed E-state index contributed by atoms with van der Waals surface area (Å²) in [6.45, 7) is 2.34. The Balaban J connectivity index is 1.54. The van der Waals surface area contributed by atoms with Crippen LogP contribution in [0.3, 0.4) is 0 Å². The maximum atomic E-state index is 12.6. The van der Waals surface area contributed by atoms with Crippen molar-refractivity contribution in [2.24, 2.45) is 11.0 Å². The Kier molecular flexibility index (Phi) is 5.47. The number of carbonyl (C=O) groups excluding carboxylic acids is 1. The minimum atomic E-state index is -0.226. The monoisotopic (exact) mass is 406 g/mol. The van der Waals surface area contributed by atoms with E-state index in [0.29, 0.717) is 34.9 Å². The van der Waals surface area contributed by atoms with Crippen molar-refractivity contribution in [1.82, 2.24) is 9.55 Å². The molecule has 1 aromatic heterocycles. The number of carbonyl (C=O) groups is 1. The Morgan fingerprint density at radius 2 is 2.07 bits per heavy atom. The highest BCUT2D eigenvalue weighted by Crippen LogP contribution is 2.34. The first-order valence-electron chi connectivity index (χ1n) is 9.79. The SMILES string of the molecule is CCn1c(N/N=C\c2ccc(OC(=O)C3CC3)c(OC)c2)nc2ccccc2c1=O. The predicted molar refractivity (Wildman–Crippen MR) is 114 cm³/mol. The van der Waals surface area contributed by atoms with Crippen molar-refractivity contribution in [1.29, 1.82) is 0 Å². The normalized spacial score (nSPS) is 13.5. The summed E-state index contributed by atoms with van der Waals surface area (Å²) in [6, 6.07) is 12.4. The van der Waals surface area contributed by atoms with Gasteiger partial charge in [0.15, 0.2) is 11.5 Å². The van der Waals surface area contributed by atoms with Crippen LogP contribution in [-0.4, -0.2) is 28.8 Å². The first-order chi connectivity index (χ1) is 14.6. The molecule has 0 unspecified atom stereocenters. The Hall–Kier alpha value is -3.68. The molecule has 0 aliphatic heterocycles. The molecule has 1 N–H and O–H groups in total. The smallest absolute Gasteiger partial charge is 0.314 e. The molecule has 0 atom stereocenters. The predicted octanol–water partition coefficient (Wildman–Crippen LogP) is 3.19. The van der Waals surface area contributed by atoms with Gasteiger partial charge in [-0.15, -0.1) is 0 Å². The van der Waals surface area contributed by atoms with Crippen LogP contribution in [0.5, 0.6) is 11.5 Å². The van der Waals surface area contributed by atoms with Crippen molar-refractivity contribution in [2.45, 2.75) is 26.3 Å². The van der Waals surface area contributed by atoms with Crippen LogP contribution in [0.25, 0.3) is 10.9 Å². The van der Waals surface area contributed by atoms with Gasteiger partial charge < -0.3 is 9.47 Å². The molecular formula is C22H22N4O4. The Morgan fingerprint density at radius 3 is 2.80 bits per heavy atom. The number of hydrogen-bond donors (Lipinski definition) is 1. The molecule has 1 heterocycles. The fourth-order valence-corrected chi connectivity index (χ4v) is 3.07. The van der Waals surface area contributed by atoms with Crippen LogP contribution in [-0.2, 0) is 11.3 Å². The first-order valence-corrected chi connectivity index (χ1v) is 9.79. The molecule has 8 heteroatoms. The minimum absolute atomic E-state index is 0.00534. The molecule has 2 aromatic carbocycles. The summed E-state index contributed by atoms with van der Waals surface area (Å²) >= 11 is 0. The lowest BCUT2D eigenvalue weighted by molar-refractivity contribution is -0.135. The third-order valence-electron chi connectivity index (χ3n) is 4.86. The van der Waals surface area contributed by atoms with Crippen molar-refractivity contribution >= 4 is 29.0 Å². The van der Waals surface area contributed by atoms with Crippen molar-refractivity contribution in [3.8, 4) is 11.5 Å². The summed E-state index contributed by atoms with van der Waals surface area (Å²) in [4.78, 5) is 29.0. The van der Waals surface area contributed by atoms with Gasteiger partial charge in [0.25, 0.3) is 5.56 Å². The van der Waals surface area contributed by atoms with Crippen LogP contribution in [0.2, 0.25) is 0 Å². The number of hydrazone groups is 1. The van der Waals surface area contributed by atoms with Crippen LogP contribution >= 0.6 is 0 Å². The number of aromatic nitrogens is 2. The molecule has 0 amide bonds. The zero-order valence-corrected chi connectivity index (χ0v) is 16.8. The van der Waals surface area contributed by atoms with E-state index < -0.39 is 0 Å². The molecule has 0 bridgehead atoms. The number of rotatable bonds is 7. The topological polar surface area (TPSA) is 94.8 Å². The average Bonchev–Trinajstić information content (AvgIpc) is 3.60. The molecule has 30 heavy (non-hydrogen) atoms. The fourth-order valence-electron chi connectivity index (χ4n) is 3.07. The van der Waals surface area contributed by atoms with Gasteiger partial charge in [0, 0.05) is 6.54 Å². The number of nitrogens with one attached hydrogen (secondary N) is 1. The van der Waals surface area contributed by atoms with Gasteiger partial charge in [-0.05, 0) is 55.7 Å². The highest BCUT2D eigenvalue weighted by atomic mass is 16.6. The maximum Gasteiger partial charge on any atom is 0.314 e. The van der Waals surface area contributed by atoms with Gasteiger partial charge in [-0.2, -0.15) is 5.10 Å². The number of esters is 1. The third kappa shape index (κ3) is 4.03. The summed E-state index contributed by atoms with van der Waals surface area (Å²) in [7, 11) is 1.52. The van der Waals surface area contributed by atoms with E-state index in [1.54, 1.807) is 36.5 Å². The van der Waals surface area contributed by atoms with Crippen molar-refractivity contribution in [3.63, 3.8) is 0 Å².